The van der Waals surface area contributed by atoms with E-state index in [4.69, 9.17) is 0 Å². The first kappa shape index (κ1) is 16.4. The van der Waals surface area contributed by atoms with Gasteiger partial charge in [0.1, 0.15) is 11.5 Å². The Morgan fingerprint density at radius 2 is 2.08 bits per heavy atom. The van der Waals surface area contributed by atoms with Gasteiger partial charge in [-0.1, -0.05) is 12.1 Å². The largest absolute Gasteiger partial charge is 0.363 e. The average Bonchev–Trinajstić information content (AvgIpc) is 3.09. The third-order valence-electron chi connectivity index (χ3n) is 3.49. The van der Waals surface area contributed by atoms with Gasteiger partial charge < -0.3 is 15.5 Å². The molecule has 0 unspecified atom stereocenters. The summed E-state index contributed by atoms with van der Waals surface area (Å²) in [6.45, 7) is 0.324. The average molecular weight is 337 g/mol. The lowest BCUT2D eigenvalue weighted by atomic mass is 10.2. The van der Waals surface area contributed by atoms with E-state index >= 15 is 0 Å². The molecule has 0 aliphatic rings. The van der Waals surface area contributed by atoms with Crippen LogP contribution in [0, 0.1) is 0 Å². The van der Waals surface area contributed by atoms with Crippen LogP contribution in [0.3, 0.4) is 0 Å². The Hall–Kier alpha value is -3.42. The minimum absolute atomic E-state index is 0.324. The molecular weight excluding hydrogens is 318 g/mol. The third kappa shape index (κ3) is 4.11. The maximum absolute atomic E-state index is 12.2. The van der Waals surface area contributed by atoms with Gasteiger partial charge in [0.05, 0.1) is 29.8 Å². The highest BCUT2D eigenvalue weighted by molar-refractivity contribution is 5.92. The summed E-state index contributed by atoms with van der Waals surface area (Å²) < 4.78 is 0. The highest BCUT2D eigenvalue weighted by Gasteiger charge is 2.11. The van der Waals surface area contributed by atoms with Gasteiger partial charge in [-0.15, -0.1) is 0 Å². The zero-order chi connectivity index (χ0) is 17.6. The summed E-state index contributed by atoms with van der Waals surface area (Å²) in [4.78, 5) is 22.8. The molecule has 0 aliphatic heterocycles. The lowest BCUT2D eigenvalue weighted by molar-refractivity contribution is 0.251. The van der Waals surface area contributed by atoms with Crippen molar-refractivity contribution in [3.63, 3.8) is 0 Å². The van der Waals surface area contributed by atoms with Crippen molar-refractivity contribution in [2.75, 3.05) is 24.3 Å². The van der Waals surface area contributed by atoms with Crippen LogP contribution in [0.1, 0.15) is 5.69 Å². The molecule has 2 amide bonds. The van der Waals surface area contributed by atoms with E-state index in [1.165, 1.54) is 0 Å². The molecule has 128 valence electrons. The molecule has 0 saturated heterocycles. The van der Waals surface area contributed by atoms with Crippen LogP contribution in [0.4, 0.5) is 16.3 Å². The second-order valence-electron chi connectivity index (χ2n) is 5.56. The maximum Gasteiger partial charge on any atom is 0.319 e. The molecule has 0 spiro atoms. The van der Waals surface area contributed by atoms with E-state index in [-0.39, 0.29) is 6.03 Å². The molecule has 0 radical (unpaired) electrons. The van der Waals surface area contributed by atoms with Crippen LogP contribution in [-0.2, 0) is 6.54 Å². The van der Waals surface area contributed by atoms with Gasteiger partial charge in [0.2, 0.25) is 0 Å². The van der Waals surface area contributed by atoms with E-state index in [1.807, 2.05) is 55.4 Å². The molecule has 0 atom stereocenters. The molecule has 0 bridgehead atoms. The monoisotopic (exact) mass is 337 g/mol. The van der Waals surface area contributed by atoms with Crippen molar-refractivity contribution < 1.29 is 4.79 Å². The van der Waals surface area contributed by atoms with E-state index in [0.717, 1.165) is 11.5 Å². The normalized spacial score (nSPS) is 10.3. The van der Waals surface area contributed by atoms with Crippen LogP contribution >= 0.6 is 0 Å². The van der Waals surface area contributed by atoms with Crippen LogP contribution in [0.5, 0.6) is 0 Å². The Kier molecular flexibility index (Phi) is 4.89. The number of aromatic amines is 1. The first-order valence-corrected chi connectivity index (χ1v) is 7.76. The smallest absolute Gasteiger partial charge is 0.319 e. The van der Waals surface area contributed by atoms with Crippen LogP contribution in [0.15, 0.2) is 48.8 Å². The summed E-state index contributed by atoms with van der Waals surface area (Å²) in [5.41, 5.74) is 2.70. The van der Waals surface area contributed by atoms with Crippen LogP contribution < -0.4 is 15.5 Å². The SMILES string of the molecule is CN(C)c1cccc(CNC(=O)Nc2cn[nH]c2-c2ccccn2)n1. The van der Waals surface area contributed by atoms with Crippen molar-refractivity contribution in [3.05, 3.63) is 54.5 Å². The Morgan fingerprint density at radius 3 is 2.84 bits per heavy atom. The summed E-state index contributed by atoms with van der Waals surface area (Å²) in [5.74, 6) is 0.840. The molecule has 3 aromatic heterocycles. The minimum Gasteiger partial charge on any atom is -0.363 e. The molecule has 3 heterocycles. The summed E-state index contributed by atoms with van der Waals surface area (Å²) in [6.07, 6.45) is 3.23. The van der Waals surface area contributed by atoms with Crippen molar-refractivity contribution in [3.8, 4) is 11.4 Å². The Labute approximate surface area is 145 Å². The summed E-state index contributed by atoms with van der Waals surface area (Å²) in [6, 6.07) is 10.9. The van der Waals surface area contributed by atoms with Crippen LogP contribution in [-0.4, -0.2) is 40.3 Å². The van der Waals surface area contributed by atoms with Gasteiger partial charge in [0.15, 0.2) is 0 Å². The van der Waals surface area contributed by atoms with Crippen molar-refractivity contribution in [2.24, 2.45) is 0 Å². The molecule has 0 aromatic carbocycles. The van der Waals surface area contributed by atoms with Gasteiger partial charge in [0, 0.05) is 20.3 Å². The van der Waals surface area contributed by atoms with E-state index in [9.17, 15) is 4.79 Å². The lowest BCUT2D eigenvalue weighted by Gasteiger charge is -2.12. The predicted octanol–water partition coefficient (Wildman–Crippen LogP) is 2.25. The number of nitrogens with one attached hydrogen (secondary N) is 3. The fourth-order valence-electron chi connectivity index (χ4n) is 2.24. The van der Waals surface area contributed by atoms with Gasteiger partial charge >= 0.3 is 6.03 Å². The fourth-order valence-corrected chi connectivity index (χ4v) is 2.24. The number of hydrogen-bond donors (Lipinski definition) is 3. The molecule has 8 nitrogen and oxygen atoms in total. The minimum atomic E-state index is -0.337. The number of carbonyl (C=O) groups excluding carboxylic acids is 1. The Morgan fingerprint density at radius 1 is 1.20 bits per heavy atom. The number of pyridine rings is 2. The second-order valence-corrected chi connectivity index (χ2v) is 5.56. The second kappa shape index (κ2) is 7.43. The number of aromatic nitrogens is 4. The molecule has 8 heteroatoms. The number of carbonyl (C=O) groups is 1. The molecule has 0 saturated carbocycles. The Bertz CT molecular complexity index is 845. The summed E-state index contributed by atoms with van der Waals surface area (Å²) in [7, 11) is 3.84. The van der Waals surface area contributed by atoms with Gasteiger partial charge in [-0.3, -0.25) is 10.1 Å². The van der Waals surface area contributed by atoms with Crippen LogP contribution in [0.25, 0.3) is 11.4 Å². The van der Waals surface area contributed by atoms with Crippen molar-refractivity contribution in [1.29, 1.82) is 0 Å². The zero-order valence-corrected chi connectivity index (χ0v) is 14.0. The van der Waals surface area contributed by atoms with E-state index in [1.54, 1.807) is 12.4 Å². The molecule has 3 N–H and O–H groups in total. The number of amides is 2. The van der Waals surface area contributed by atoms with E-state index < -0.39 is 0 Å². The van der Waals surface area contributed by atoms with Gasteiger partial charge in [-0.2, -0.15) is 5.10 Å². The molecule has 0 fully saturated rings. The number of anilines is 2. The fraction of sp³-hybridized carbons (Fsp3) is 0.176. The first-order valence-electron chi connectivity index (χ1n) is 7.76. The molecule has 3 rings (SSSR count). The predicted molar refractivity (Wildman–Crippen MR) is 96.2 cm³/mol. The Balaban J connectivity index is 1.63. The molecule has 0 aliphatic carbocycles. The van der Waals surface area contributed by atoms with Crippen LogP contribution in [0.2, 0.25) is 0 Å². The number of H-pyrrole nitrogens is 1. The first-order chi connectivity index (χ1) is 12.1. The highest BCUT2D eigenvalue weighted by Crippen LogP contribution is 2.22. The van der Waals surface area contributed by atoms with E-state index in [2.05, 4.69) is 30.8 Å². The van der Waals surface area contributed by atoms with Gasteiger partial charge in [0.25, 0.3) is 0 Å². The topological polar surface area (TPSA) is 98.8 Å². The van der Waals surface area contributed by atoms with Gasteiger partial charge in [-0.25, -0.2) is 9.78 Å². The van der Waals surface area contributed by atoms with Crippen molar-refractivity contribution in [2.45, 2.75) is 6.54 Å². The quantitative estimate of drug-likeness (QED) is 0.663. The lowest BCUT2D eigenvalue weighted by Crippen LogP contribution is -2.28. The van der Waals surface area contributed by atoms with E-state index in [0.29, 0.717) is 23.6 Å². The number of urea groups is 1. The highest BCUT2D eigenvalue weighted by atomic mass is 16.2. The number of nitrogens with zero attached hydrogens (tertiary/aromatic N) is 4. The molecular formula is C17H19N7O. The number of rotatable bonds is 5. The third-order valence-corrected chi connectivity index (χ3v) is 3.49. The molecule has 3 aromatic rings. The summed E-state index contributed by atoms with van der Waals surface area (Å²) >= 11 is 0. The number of hydrogen-bond acceptors (Lipinski definition) is 5. The van der Waals surface area contributed by atoms with Gasteiger partial charge in [-0.05, 0) is 24.3 Å². The van der Waals surface area contributed by atoms with Crippen molar-refractivity contribution in [1.82, 2.24) is 25.5 Å². The zero-order valence-electron chi connectivity index (χ0n) is 14.0. The standard InChI is InChI=1S/C17H19N7O/c1-24(2)15-8-5-6-12(21-15)10-19-17(25)22-14-11-20-23-16(14)13-7-3-4-9-18-13/h3-9,11H,10H2,1-2H3,(H,20,23)(H2,19,22,25). The summed E-state index contributed by atoms with van der Waals surface area (Å²) in [5, 5.41) is 12.4. The molecule has 25 heavy (non-hydrogen) atoms. The maximum atomic E-state index is 12.2. The van der Waals surface area contributed by atoms with Crippen molar-refractivity contribution >= 4 is 17.5 Å².